The molecular formula is C15H21F2N5O2S. The molecule has 138 valence electrons. The van der Waals surface area contributed by atoms with Crippen LogP contribution in [0.25, 0.3) is 0 Å². The number of hydrogen-bond acceptors (Lipinski definition) is 5. The van der Waals surface area contributed by atoms with Crippen molar-refractivity contribution < 1.29 is 17.2 Å². The smallest absolute Gasteiger partial charge is 0.262 e. The van der Waals surface area contributed by atoms with Crippen molar-refractivity contribution in [2.45, 2.75) is 42.2 Å². The summed E-state index contributed by atoms with van der Waals surface area (Å²) in [5.74, 6) is -2.70. The van der Waals surface area contributed by atoms with E-state index < -0.39 is 21.5 Å². The highest BCUT2D eigenvalue weighted by molar-refractivity contribution is 7.89. The van der Waals surface area contributed by atoms with E-state index in [-0.39, 0.29) is 43.8 Å². The lowest BCUT2D eigenvalue weighted by atomic mass is 9.79. The summed E-state index contributed by atoms with van der Waals surface area (Å²) in [6.45, 7) is 1.15. The van der Waals surface area contributed by atoms with Crippen molar-refractivity contribution in [1.82, 2.24) is 18.8 Å². The Bertz CT molecular complexity index is 768. The van der Waals surface area contributed by atoms with Gasteiger partial charge in [0, 0.05) is 52.3 Å². The number of hydrogen-bond donors (Lipinski definition) is 0. The molecule has 10 heteroatoms. The number of aryl methyl sites for hydroxylation is 1. The Labute approximate surface area is 145 Å². The number of rotatable bonds is 3. The van der Waals surface area contributed by atoms with Gasteiger partial charge in [-0.25, -0.2) is 22.2 Å². The fourth-order valence-electron chi connectivity index (χ4n) is 3.54. The molecule has 1 saturated carbocycles. The summed E-state index contributed by atoms with van der Waals surface area (Å²) < 4.78 is 54.9. The summed E-state index contributed by atoms with van der Waals surface area (Å²) in [5, 5.41) is 9.59. The maximum atomic E-state index is 13.4. The van der Waals surface area contributed by atoms with Crippen LogP contribution in [0.5, 0.6) is 0 Å². The first-order valence-electron chi connectivity index (χ1n) is 8.21. The van der Waals surface area contributed by atoms with Crippen LogP contribution in [0.3, 0.4) is 0 Å². The fourth-order valence-corrected chi connectivity index (χ4v) is 4.93. The lowest BCUT2D eigenvalue weighted by Crippen LogP contribution is -2.59. The van der Waals surface area contributed by atoms with Crippen molar-refractivity contribution in [3.8, 4) is 6.07 Å². The van der Waals surface area contributed by atoms with Gasteiger partial charge in [0.05, 0.1) is 12.4 Å². The third-order valence-electron chi connectivity index (χ3n) is 5.15. The van der Waals surface area contributed by atoms with E-state index in [4.69, 9.17) is 0 Å². The van der Waals surface area contributed by atoms with E-state index in [1.165, 1.54) is 16.8 Å². The van der Waals surface area contributed by atoms with Crippen LogP contribution in [0.4, 0.5) is 8.78 Å². The zero-order valence-electron chi connectivity index (χ0n) is 14.0. The molecule has 1 aromatic rings. The molecule has 0 unspecified atom stereocenters. The van der Waals surface area contributed by atoms with Gasteiger partial charge in [0.15, 0.2) is 5.03 Å². The second-order valence-electron chi connectivity index (χ2n) is 6.77. The number of imidazole rings is 1. The summed E-state index contributed by atoms with van der Waals surface area (Å²) in [7, 11) is -1.97. The van der Waals surface area contributed by atoms with Gasteiger partial charge in [-0.2, -0.15) is 9.57 Å². The number of aromatic nitrogens is 2. The second kappa shape index (κ2) is 6.30. The molecule has 1 aliphatic heterocycles. The third kappa shape index (κ3) is 3.41. The van der Waals surface area contributed by atoms with Crippen LogP contribution in [-0.2, 0) is 17.1 Å². The van der Waals surface area contributed by atoms with E-state index in [0.29, 0.717) is 13.1 Å². The van der Waals surface area contributed by atoms with Crippen molar-refractivity contribution in [3.05, 3.63) is 12.5 Å². The molecule has 0 radical (unpaired) electrons. The van der Waals surface area contributed by atoms with E-state index in [9.17, 15) is 22.5 Å². The Morgan fingerprint density at radius 1 is 1.16 bits per heavy atom. The molecule has 1 saturated heterocycles. The minimum absolute atomic E-state index is 0.00393. The molecule has 2 heterocycles. The molecule has 1 aliphatic carbocycles. The van der Waals surface area contributed by atoms with Crippen LogP contribution in [-0.4, -0.2) is 64.8 Å². The van der Waals surface area contributed by atoms with Gasteiger partial charge in [-0.1, -0.05) is 0 Å². The fraction of sp³-hybridized carbons (Fsp3) is 0.733. The predicted molar refractivity (Wildman–Crippen MR) is 85.3 cm³/mol. The van der Waals surface area contributed by atoms with Crippen molar-refractivity contribution in [2.24, 2.45) is 7.05 Å². The largest absolute Gasteiger partial charge is 0.339 e. The van der Waals surface area contributed by atoms with E-state index in [0.717, 1.165) is 0 Å². The first-order valence-corrected chi connectivity index (χ1v) is 9.65. The summed E-state index contributed by atoms with van der Waals surface area (Å²) in [4.78, 5) is 5.77. The Balaban J connectivity index is 1.68. The number of halogens is 2. The number of nitriles is 1. The van der Waals surface area contributed by atoms with E-state index >= 15 is 0 Å². The lowest BCUT2D eigenvalue weighted by Gasteiger charge is -2.46. The predicted octanol–water partition coefficient (Wildman–Crippen LogP) is 1.20. The van der Waals surface area contributed by atoms with E-state index in [1.54, 1.807) is 11.6 Å². The minimum atomic E-state index is -3.67. The van der Waals surface area contributed by atoms with Gasteiger partial charge in [-0.15, -0.1) is 0 Å². The van der Waals surface area contributed by atoms with Crippen molar-refractivity contribution in [2.75, 3.05) is 26.2 Å². The molecule has 2 fully saturated rings. The van der Waals surface area contributed by atoms with Gasteiger partial charge in [0.2, 0.25) is 5.92 Å². The quantitative estimate of drug-likeness (QED) is 0.795. The van der Waals surface area contributed by atoms with Gasteiger partial charge in [-0.05, 0) is 12.8 Å². The highest BCUT2D eigenvalue weighted by atomic mass is 32.2. The maximum Gasteiger partial charge on any atom is 0.262 e. The Kier molecular flexibility index (Phi) is 4.59. The van der Waals surface area contributed by atoms with Crippen LogP contribution in [0.1, 0.15) is 25.7 Å². The highest BCUT2D eigenvalue weighted by Crippen LogP contribution is 2.41. The Hall–Kier alpha value is -1.57. The second-order valence-corrected chi connectivity index (χ2v) is 8.65. The van der Waals surface area contributed by atoms with Crippen LogP contribution in [0.15, 0.2) is 17.6 Å². The molecule has 1 aromatic heterocycles. The topological polar surface area (TPSA) is 82.2 Å². The SMILES string of the molecule is Cn1cnc(S(=O)(=O)N2CCN(C3(C#N)CCC(F)(F)CC3)CC2)c1. The molecule has 25 heavy (non-hydrogen) atoms. The molecule has 0 bridgehead atoms. The van der Waals surface area contributed by atoms with E-state index in [1.807, 2.05) is 4.90 Å². The third-order valence-corrected chi connectivity index (χ3v) is 6.93. The van der Waals surface area contributed by atoms with Crippen molar-refractivity contribution in [3.63, 3.8) is 0 Å². The summed E-state index contributed by atoms with van der Waals surface area (Å²) in [6.07, 6.45) is 2.50. The molecular weight excluding hydrogens is 352 g/mol. The molecule has 0 amide bonds. The first kappa shape index (κ1) is 18.2. The normalized spacial score (nSPS) is 24.7. The first-order chi connectivity index (χ1) is 11.7. The number of alkyl halides is 2. The average Bonchev–Trinajstić information content (AvgIpc) is 3.03. The zero-order chi connectivity index (χ0) is 18.3. The minimum Gasteiger partial charge on any atom is -0.339 e. The summed E-state index contributed by atoms with van der Waals surface area (Å²) in [6, 6.07) is 2.22. The summed E-state index contributed by atoms with van der Waals surface area (Å²) in [5.41, 5.74) is -0.914. The Morgan fingerprint density at radius 3 is 2.24 bits per heavy atom. The monoisotopic (exact) mass is 373 g/mol. The standard InChI is InChI=1S/C15H21F2N5O2S/c1-20-10-13(19-12-20)25(23,24)22-8-6-21(7-9-22)14(11-18)2-4-15(16,17)5-3-14/h10,12H,2-9H2,1H3. The van der Waals surface area contributed by atoms with E-state index in [2.05, 4.69) is 11.1 Å². The molecule has 2 aliphatic rings. The van der Waals surface area contributed by atoms with Gasteiger partial charge in [-0.3, -0.25) is 4.90 Å². The number of nitrogens with zero attached hydrogens (tertiary/aromatic N) is 5. The van der Waals surface area contributed by atoms with Crippen molar-refractivity contribution in [1.29, 1.82) is 5.26 Å². The molecule has 3 rings (SSSR count). The van der Waals surface area contributed by atoms with Crippen LogP contribution < -0.4 is 0 Å². The molecule has 7 nitrogen and oxygen atoms in total. The average molecular weight is 373 g/mol. The lowest BCUT2D eigenvalue weighted by molar-refractivity contribution is -0.0716. The van der Waals surface area contributed by atoms with Crippen LogP contribution in [0.2, 0.25) is 0 Å². The molecule has 0 N–H and O–H groups in total. The van der Waals surface area contributed by atoms with Crippen LogP contribution in [0, 0.1) is 11.3 Å². The van der Waals surface area contributed by atoms with Crippen LogP contribution >= 0.6 is 0 Å². The number of sulfonamides is 1. The highest BCUT2D eigenvalue weighted by Gasteiger charge is 2.48. The van der Waals surface area contributed by atoms with Gasteiger partial charge >= 0.3 is 0 Å². The summed E-state index contributed by atoms with van der Waals surface area (Å²) >= 11 is 0. The molecule has 0 spiro atoms. The van der Waals surface area contributed by atoms with Gasteiger partial charge in [0.1, 0.15) is 5.54 Å². The maximum absolute atomic E-state index is 13.4. The van der Waals surface area contributed by atoms with Crippen molar-refractivity contribution >= 4 is 10.0 Å². The Morgan fingerprint density at radius 2 is 1.76 bits per heavy atom. The number of piperazine rings is 1. The van der Waals surface area contributed by atoms with Gasteiger partial charge < -0.3 is 4.57 Å². The molecule has 0 atom stereocenters. The molecule has 0 aromatic carbocycles. The zero-order valence-corrected chi connectivity index (χ0v) is 14.8. The van der Waals surface area contributed by atoms with Gasteiger partial charge in [0.25, 0.3) is 10.0 Å².